The zero-order valence-corrected chi connectivity index (χ0v) is 15.0. The normalized spacial score (nSPS) is 11.3. The molecule has 1 aromatic carbocycles. The molecule has 2 heterocycles. The Balaban J connectivity index is 2.47. The van der Waals surface area contributed by atoms with Crippen molar-refractivity contribution < 1.29 is 0 Å². The SMILES string of the molecule is CCCCc1c(C)c(C#N)c2nc3cc(Cl)c(Cl)cc3n2c1Cl. The maximum Gasteiger partial charge on any atom is 0.157 e. The van der Waals surface area contributed by atoms with Gasteiger partial charge in [0, 0.05) is 0 Å². The molecule has 3 rings (SSSR count). The summed E-state index contributed by atoms with van der Waals surface area (Å²) in [6, 6.07) is 5.70. The third-order valence-electron chi connectivity index (χ3n) is 4.09. The smallest absolute Gasteiger partial charge is 0.157 e. The summed E-state index contributed by atoms with van der Waals surface area (Å²) in [7, 11) is 0. The number of imidazole rings is 1. The largest absolute Gasteiger partial charge is 0.281 e. The number of nitriles is 1. The van der Waals surface area contributed by atoms with Gasteiger partial charge in [0.2, 0.25) is 0 Å². The van der Waals surface area contributed by atoms with Crippen molar-refractivity contribution in [3.8, 4) is 6.07 Å². The van der Waals surface area contributed by atoms with Crippen molar-refractivity contribution >= 4 is 51.5 Å². The molecule has 3 nitrogen and oxygen atoms in total. The van der Waals surface area contributed by atoms with Gasteiger partial charge in [0.25, 0.3) is 0 Å². The van der Waals surface area contributed by atoms with E-state index >= 15 is 0 Å². The number of hydrogen-bond acceptors (Lipinski definition) is 2. The topological polar surface area (TPSA) is 41.1 Å². The van der Waals surface area contributed by atoms with E-state index in [1.165, 1.54) is 0 Å². The Morgan fingerprint density at radius 1 is 1.22 bits per heavy atom. The molecule has 2 aromatic heterocycles. The molecule has 0 saturated carbocycles. The van der Waals surface area contributed by atoms with E-state index in [0.717, 1.165) is 35.9 Å². The summed E-state index contributed by atoms with van der Waals surface area (Å²) in [5, 5.41) is 11.0. The fraction of sp³-hybridized carbons (Fsp3) is 0.294. The minimum atomic E-state index is 0.431. The molecule has 118 valence electrons. The molecule has 0 N–H and O–H groups in total. The molecule has 6 heteroatoms. The highest BCUT2D eigenvalue weighted by Gasteiger charge is 2.20. The Kier molecular flexibility index (Phi) is 4.42. The van der Waals surface area contributed by atoms with Crippen LogP contribution < -0.4 is 0 Å². The van der Waals surface area contributed by atoms with Gasteiger partial charge in [-0.3, -0.25) is 4.40 Å². The van der Waals surface area contributed by atoms with Crippen molar-refractivity contribution in [2.75, 3.05) is 0 Å². The van der Waals surface area contributed by atoms with Crippen LogP contribution in [0.5, 0.6) is 0 Å². The number of fused-ring (bicyclic) bond motifs is 3. The zero-order chi connectivity index (χ0) is 16.7. The zero-order valence-electron chi connectivity index (χ0n) is 12.8. The van der Waals surface area contributed by atoms with Gasteiger partial charge in [-0.15, -0.1) is 0 Å². The van der Waals surface area contributed by atoms with Crippen LogP contribution in [-0.4, -0.2) is 9.38 Å². The number of hydrogen-bond donors (Lipinski definition) is 0. The Morgan fingerprint density at radius 2 is 1.91 bits per heavy atom. The second-order valence-electron chi connectivity index (χ2n) is 5.51. The average molecular weight is 367 g/mol. The molecule has 0 radical (unpaired) electrons. The lowest BCUT2D eigenvalue weighted by molar-refractivity contribution is 0.787. The van der Waals surface area contributed by atoms with E-state index < -0.39 is 0 Å². The highest BCUT2D eigenvalue weighted by molar-refractivity contribution is 6.42. The fourth-order valence-corrected chi connectivity index (χ4v) is 3.55. The first-order valence-corrected chi connectivity index (χ1v) is 8.51. The molecular formula is C17H14Cl3N3. The van der Waals surface area contributed by atoms with Crippen molar-refractivity contribution in [1.29, 1.82) is 5.26 Å². The molecule has 0 spiro atoms. The second kappa shape index (κ2) is 6.20. The van der Waals surface area contributed by atoms with Gasteiger partial charge in [-0.1, -0.05) is 48.1 Å². The number of benzene rings is 1. The predicted octanol–water partition coefficient (Wildman–Crippen LogP) is 5.97. The monoisotopic (exact) mass is 365 g/mol. The average Bonchev–Trinajstić information content (AvgIpc) is 2.86. The highest BCUT2D eigenvalue weighted by atomic mass is 35.5. The third-order valence-corrected chi connectivity index (χ3v) is 5.20. The van der Waals surface area contributed by atoms with Gasteiger partial charge in [0.05, 0.1) is 26.6 Å². The summed E-state index contributed by atoms with van der Waals surface area (Å²) in [4.78, 5) is 4.54. The molecule has 0 amide bonds. The van der Waals surface area contributed by atoms with Crippen LogP contribution in [0.2, 0.25) is 15.2 Å². The van der Waals surface area contributed by atoms with Gasteiger partial charge < -0.3 is 0 Å². The first-order valence-electron chi connectivity index (χ1n) is 7.37. The molecule has 0 saturated heterocycles. The van der Waals surface area contributed by atoms with Gasteiger partial charge in [-0.05, 0) is 43.0 Å². The lowest BCUT2D eigenvalue weighted by Gasteiger charge is -2.13. The van der Waals surface area contributed by atoms with Gasteiger partial charge in [-0.2, -0.15) is 5.26 Å². The van der Waals surface area contributed by atoms with Crippen LogP contribution in [0, 0.1) is 18.3 Å². The molecule has 0 bridgehead atoms. The lowest BCUT2D eigenvalue weighted by atomic mass is 10.0. The molecule has 0 aliphatic heterocycles. The van der Waals surface area contributed by atoms with E-state index in [1.54, 1.807) is 16.5 Å². The Morgan fingerprint density at radius 3 is 2.57 bits per heavy atom. The Labute approximate surface area is 149 Å². The summed E-state index contributed by atoms with van der Waals surface area (Å²) < 4.78 is 1.80. The number of unbranched alkanes of at least 4 members (excludes halogenated alkanes) is 1. The molecule has 0 aliphatic rings. The highest BCUT2D eigenvalue weighted by Crippen LogP contribution is 2.34. The molecule has 0 unspecified atom stereocenters. The van der Waals surface area contributed by atoms with Crippen molar-refractivity contribution in [3.63, 3.8) is 0 Å². The minimum Gasteiger partial charge on any atom is -0.281 e. The number of aromatic nitrogens is 2. The maximum atomic E-state index is 9.59. The van der Waals surface area contributed by atoms with Crippen LogP contribution in [-0.2, 0) is 6.42 Å². The maximum absolute atomic E-state index is 9.59. The van der Waals surface area contributed by atoms with Crippen LogP contribution in [0.15, 0.2) is 12.1 Å². The summed E-state index contributed by atoms with van der Waals surface area (Å²) in [5.41, 5.74) is 4.40. The molecule has 0 fully saturated rings. The van der Waals surface area contributed by atoms with Crippen LogP contribution in [0.3, 0.4) is 0 Å². The summed E-state index contributed by atoms with van der Waals surface area (Å²) in [6.45, 7) is 4.05. The van der Waals surface area contributed by atoms with Crippen molar-refractivity contribution in [1.82, 2.24) is 9.38 Å². The van der Waals surface area contributed by atoms with E-state index in [0.29, 0.717) is 31.9 Å². The van der Waals surface area contributed by atoms with Crippen molar-refractivity contribution in [2.45, 2.75) is 33.1 Å². The lowest BCUT2D eigenvalue weighted by Crippen LogP contribution is -2.02. The molecular weight excluding hydrogens is 353 g/mol. The van der Waals surface area contributed by atoms with Crippen molar-refractivity contribution in [3.05, 3.63) is 44.0 Å². The third kappa shape index (κ3) is 2.55. The summed E-state index contributed by atoms with van der Waals surface area (Å²) in [6.07, 6.45) is 2.89. The first kappa shape index (κ1) is 16.4. The molecule has 0 aliphatic carbocycles. The summed E-state index contributed by atoms with van der Waals surface area (Å²) in [5.74, 6) is 0. The fourth-order valence-electron chi connectivity index (χ4n) is 2.83. The Hall–Kier alpha value is -1.47. The number of pyridine rings is 1. The second-order valence-corrected chi connectivity index (χ2v) is 6.68. The van der Waals surface area contributed by atoms with Gasteiger partial charge in [0.1, 0.15) is 11.2 Å². The van der Waals surface area contributed by atoms with E-state index in [1.807, 2.05) is 6.92 Å². The van der Waals surface area contributed by atoms with E-state index in [4.69, 9.17) is 34.8 Å². The standard InChI is InChI=1S/C17H14Cl3N3/c1-3-4-5-10-9(2)11(8-21)17-22-14-6-12(18)13(19)7-15(14)23(17)16(10)20/h6-7H,3-5H2,1-2H3. The van der Waals surface area contributed by atoms with Gasteiger partial charge >= 0.3 is 0 Å². The van der Waals surface area contributed by atoms with Crippen LogP contribution in [0.25, 0.3) is 16.7 Å². The first-order chi connectivity index (χ1) is 11.0. The molecule has 0 atom stereocenters. The van der Waals surface area contributed by atoms with Gasteiger partial charge in [-0.25, -0.2) is 4.98 Å². The number of rotatable bonds is 3. The Bertz CT molecular complexity index is 967. The van der Waals surface area contributed by atoms with Crippen molar-refractivity contribution in [2.24, 2.45) is 0 Å². The summed E-state index contributed by atoms with van der Waals surface area (Å²) >= 11 is 18.9. The molecule has 3 aromatic rings. The molecule has 23 heavy (non-hydrogen) atoms. The number of nitrogens with zero attached hydrogens (tertiary/aromatic N) is 3. The quantitative estimate of drug-likeness (QED) is 0.536. The van der Waals surface area contributed by atoms with E-state index in [-0.39, 0.29) is 0 Å². The van der Waals surface area contributed by atoms with Gasteiger partial charge in [0.15, 0.2) is 5.65 Å². The number of halogens is 3. The minimum absolute atomic E-state index is 0.431. The van der Waals surface area contributed by atoms with Crippen LogP contribution in [0.1, 0.15) is 36.5 Å². The predicted molar refractivity (Wildman–Crippen MR) is 95.8 cm³/mol. The van der Waals surface area contributed by atoms with Crippen LogP contribution in [0.4, 0.5) is 0 Å². The van der Waals surface area contributed by atoms with E-state index in [9.17, 15) is 5.26 Å². The van der Waals surface area contributed by atoms with Crippen LogP contribution >= 0.6 is 34.8 Å². The van der Waals surface area contributed by atoms with E-state index in [2.05, 4.69) is 18.0 Å².